The molecule has 51 heavy (non-hydrogen) atoms. The number of amidine groups is 1. The van der Waals surface area contributed by atoms with Crippen molar-refractivity contribution in [2.75, 3.05) is 0 Å². The Balaban J connectivity index is 1.21. The molecule has 0 atom stereocenters. The lowest BCUT2D eigenvalue weighted by Gasteiger charge is -2.11. The SMILES string of the molecule is C=C(N=C(N=C(C)c1ccc(-c2ccccc2)cc1)c1ccccc1)n1c2ccccc2c2cc3c(cc21)c1ccccc1n3-c1ccccc1. The van der Waals surface area contributed by atoms with Gasteiger partial charge >= 0.3 is 0 Å². The molecule has 7 aromatic carbocycles. The number of nitrogens with zero attached hydrogens (tertiary/aromatic N) is 4. The molecule has 0 aliphatic carbocycles. The lowest BCUT2D eigenvalue weighted by molar-refractivity contribution is 1.17. The maximum atomic E-state index is 5.21. The summed E-state index contributed by atoms with van der Waals surface area (Å²) in [4.78, 5) is 10.4. The summed E-state index contributed by atoms with van der Waals surface area (Å²) in [5, 5.41) is 4.68. The lowest BCUT2D eigenvalue weighted by atomic mass is 10.0. The van der Waals surface area contributed by atoms with Gasteiger partial charge in [0.1, 0.15) is 5.82 Å². The number of aliphatic imine (C=N–C) groups is 2. The largest absolute Gasteiger partial charge is 0.309 e. The predicted octanol–water partition coefficient (Wildman–Crippen LogP) is 11.9. The fraction of sp³-hybridized carbons (Fsp3) is 0.0213. The van der Waals surface area contributed by atoms with Crippen LogP contribution in [0.5, 0.6) is 0 Å². The van der Waals surface area contributed by atoms with E-state index in [-0.39, 0.29) is 0 Å². The zero-order chi connectivity index (χ0) is 34.3. The second-order valence-electron chi connectivity index (χ2n) is 12.8. The van der Waals surface area contributed by atoms with E-state index < -0.39 is 0 Å². The molecule has 242 valence electrons. The van der Waals surface area contributed by atoms with Gasteiger partial charge in [-0.1, -0.05) is 146 Å². The van der Waals surface area contributed by atoms with Crippen LogP contribution in [0.4, 0.5) is 0 Å². The van der Waals surface area contributed by atoms with Gasteiger partial charge in [0.05, 0.1) is 22.1 Å². The van der Waals surface area contributed by atoms with Crippen molar-refractivity contribution in [1.82, 2.24) is 9.13 Å². The highest BCUT2D eigenvalue weighted by atomic mass is 15.1. The minimum Gasteiger partial charge on any atom is -0.309 e. The number of hydrogen-bond donors (Lipinski definition) is 0. The third-order valence-corrected chi connectivity index (χ3v) is 9.69. The summed E-state index contributed by atoms with van der Waals surface area (Å²) < 4.78 is 4.54. The van der Waals surface area contributed by atoms with Crippen LogP contribution in [0, 0.1) is 0 Å². The Morgan fingerprint density at radius 2 is 0.980 bits per heavy atom. The van der Waals surface area contributed by atoms with Gasteiger partial charge in [-0.25, -0.2) is 9.98 Å². The van der Waals surface area contributed by atoms with Crippen molar-refractivity contribution in [2.24, 2.45) is 9.98 Å². The highest BCUT2D eigenvalue weighted by Crippen LogP contribution is 2.39. The molecule has 9 aromatic rings. The fourth-order valence-electron chi connectivity index (χ4n) is 7.24. The molecule has 0 bridgehead atoms. The molecule has 0 aliphatic heterocycles. The Hall–Kier alpha value is -6.78. The van der Waals surface area contributed by atoms with E-state index in [1.807, 2.05) is 31.2 Å². The highest BCUT2D eigenvalue weighted by Gasteiger charge is 2.19. The molecule has 0 spiro atoms. The van der Waals surface area contributed by atoms with Crippen LogP contribution in [0.2, 0.25) is 0 Å². The van der Waals surface area contributed by atoms with Gasteiger partial charge in [-0.15, -0.1) is 0 Å². The first-order valence-electron chi connectivity index (χ1n) is 17.2. The lowest BCUT2D eigenvalue weighted by Crippen LogP contribution is -2.05. The van der Waals surface area contributed by atoms with Gasteiger partial charge < -0.3 is 4.57 Å². The van der Waals surface area contributed by atoms with Gasteiger partial charge in [0.2, 0.25) is 0 Å². The Morgan fingerprint density at radius 3 is 1.69 bits per heavy atom. The van der Waals surface area contributed by atoms with Crippen LogP contribution >= 0.6 is 0 Å². The second kappa shape index (κ2) is 12.6. The number of hydrogen-bond acceptors (Lipinski definition) is 1. The molecule has 0 saturated carbocycles. The smallest absolute Gasteiger partial charge is 0.161 e. The van der Waals surface area contributed by atoms with Gasteiger partial charge in [0, 0.05) is 38.5 Å². The van der Waals surface area contributed by atoms with Crippen LogP contribution in [0.3, 0.4) is 0 Å². The first-order chi connectivity index (χ1) is 25.1. The summed E-state index contributed by atoms with van der Waals surface area (Å²) in [6.45, 7) is 6.62. The third-order valence-electron chi connectivity index (χ3n) is 9.69. The molecule has 0 fully saturated rings. The number of benzene rings is 7. The summed E-state index contributed by atoms with van der Waals surface area (Å²) in [5.41, 5.74) is 10.8. The van der Waals surface area contributed by atoms with Crippen LogP contribution in [0.1, 0.15) is 18.1 Å². The summed E-state index contributed by atoms with van der Waals surface area (Å²) in [6, 6.07) is 61.5. The molecule has 2 aromatic heterocycles. The minimum atomic E-state index is 0.599. The second-order valence-corrected chi connectivity index (χ2v) is 12.8. The molecule has 0 aliphatic rings. The maximum absolute atomic E-state index is 5.21. The number of aromatic nitrogens is 2. The molecule has 0 saturated heterocycles. The molecular formula is C47H34N4. The van der Waals surface area contributed by atoms with E-state index in [0.717, 1.165) is 49.8 Å². The average Bonchev–Trinajstić information content (AvgIpc) is 3.70. The van der Waals surface area contributed by atoms with Crippen LogP contribution in [-0.4, -0.2) is 20.7 Å². The van der Waals surface area contributed by atoms with Crippen molar-refractivity contribution >= 4 is 61.0 Å². The first kappa shape index (κ1) is 30.3. The zero-order valence-electron chi connectivity index (χ0n) is 28.2. The fourth-order valence-corrected chi connectivity index (χ4v) is 7.24. The van der Waals surface area contributed by atoms with Gasteiger partial charge in [-0.2, -0.15) is 0 Å². The summed E-state index contributed by atoms with van der Waals surface area (Å²) in [7, 11) is 0. The monoisotopic (exact) mass is 654 g/mol. The molecule has 4 nitrogen and oxygen atoms in total. The van der Waals surface area contributed by atoms with Crippen LogP contribution in [0.15, 0.2) is 192 Å². The van der Waals surface area contributed by atoms with E-state index in [4.69, 9.17) is 9.98 Å². The molecule has 0 unspecified atom stereocenters. The number of rotatable bonds is 6. The van der Waals surface area contributed by atoms with Crippen LogP contribution in [0.25, 0.3) is 66.2 Å². The topological polar surface area (TPSA) is 34.6 Å². The standard InChI is InChI=1S/C47H34N4/c1-32(34-26-28-36(29-27-34)35-16-6-3-7-17-35)48-47(37-18-8-4-9-19-37)49-33(2)50-43-24-14-12-22-39(43)41-31-46-42(30-45(41)50)40-23-13-15-25-44(40)51(46)38-20-10-5-11-21-38/h3-31H,2H2,1H3. The van der Waals surface area contributed by atoms with Crippen molar-refractivity contribution in [3.05, 3.63) is 194 Å². The van der Waals surface area contributed by atoms with Crippen LogP contribution in [-0.2, 0) is 0 Å². The Bertz CT molecular complexity index is 2780. The Labute approximate surface area is 296 Å². The molecular weight excluding hydrogens is 621 g/mol. The zero-order valence-corrected chi connectivity index (χ0v) is 28.2. The van der Waals surface area contributed by atoms with Crippen molar-refractivity contribution in [1.29, 1.82) is 0 Å². The minimum absolute atomic E-state index is 0.599. The van der Waals surface area contributed by atoms with E-state index in [9.17, 15) is 0 Å². The quantitative estimate of drug-likeness (QED) is 0.126. The van der Waals surface area contributed by atoms with Crippen molar-refractivity contribution in [2.45, 2.75) is 6.92 Å². The summed E-state index contributed by atoms with van der Waals surface area (Å²) in [5.74, 6) is 1.21. The third kappa shape index (κ3) is 5.34. The van der Waals surface area contributed by atoms with E-state index in [0.29, 0.717) is 11.7 Å². The van der Waals surface area contributed by atoms with E-state index in [1.165, 1.54) is 27.4 Å². The Kier molecular flexibility index (Phi) is 7.48. The van der Waals surface area contributed by atoms with Crippen molar-refractivity contribution in [3.63, 3.8) is 0 Å². The van der Waals surface area contributed by atoms with Crippen LogP contribution < -0.4 is 0 Å². The summed E-state index contributed by atoms with van der Waals surface area (Å²) in [6.07, 6.45) is 0. The summed E-state index contributed by atoms with van der Waals surface area (Å²) >= 11 is 0. The predicted molar refractivity (Wildman–Crippen MR) is 216 cm³/mol. The van der Waals surface area contributed by atoms with Crippen molar-refractivity contribution in [3.8, 4) is 16.8 Å². The van der Waals surface area contributed by atoms with Gasteiger partial charge in [0.15, 0.2) is 5.84 Å². The van der Waals surface area contributed by atoms with Gasteiger partial charge in [-0.3, -0.25) is 4.57 Å². The molecule has 4 heteroatoms. The van der Waals surface area contributed by atoms with Crippen molar-refractivity contribution < 1.29 is 0 Å². The highest BCUT2D eigenvalue weighted by molar-refractivity contribution is 6.20. The molecule has 2 heterocycles. The average molecular weight is 655 g/mol. The van der Waals surface area contributed by atoms with E-state index in [2.05, 4.69) is 167 Å². The Morgan fingerprint density at radius 1 is 0.451 bits per heavy atom. The van der Waals surface area contributed by atoms with E-state index >= 15 is 0 Å². The molecule has 0 radical (unpaired) electrons. The first-order valence-corrected chi connectivity index (χ1v) is 17.2. The molecule has 0 amide bonds. The number of fused-ring (bicyclic) bond motifs is 6. The van der Waals surface area contributed by atoms with Gasteiger partial charge in [0.25, 0.3) is 0 Å². The molecule has 9 rings (SSSR count). The van der Waals surface area contributed by atoms with E-state index in [1.54, 1.807) is 0 Å². The molecule has 0 N–H and O–H groups in total. The number of para-hydroxylation sites is 3. The normalized spacial score (nSPS) is 12.3. The van der Waals surface area contributed by atoms with Gasteiger partial charge in [-0.05, 0) is 60.0 Å². The maximum Gasteiger partial charge on any atom is 0.161 e.